The third-order valence-electron chi connectivity index (χ3n) is 2.21. The largest absolute Gasteiger partial charge is 0.481 e. The molecule has 0 aliphatic rings. The van der Waals surface area contributed by atoms with Gasteiger partial charge in [0.05, 0.1) is 12.3 Å². The highest BCUT2D eigenvalue weighted by Crippen LogP contribution is 2.31. The third kappa shape index (κ3) is 3.56. The van der Waals surface area contributed by atoms with Crippen LogP contribution in [0.2, 0.25) is 0 Å². The third-order valence-corrected chi connectivity index (χ3v) is 2.21. The van der Waals surface area contributed by atoms with E-state index in [0.29, 0.717) is 0 Å². The summed E-state index contributed by atoms with van der Waals surface area (Å²) in [7, 11) is 0. The molecule has 0 aliphatic carbocycles. The van der Waals surface area contributed by atoms with Crippen molar-refractivity contribution < 1.29 is 23.1 Å². The summed E-state index contributed by atoms with van der Waals surface area (Å²) >= 11 is 0. The number of carboxylic acids is 1. The highest BCUT2D eigenvalue weighted by Gasteiger charge is 2.36. The number of aliphatic carboxylic acids is 1. The molecule has 1 atom stereocenters. The first kappa shape index (κ1) is 12.5. The molecule has 0 bridgehead atoms. The van der Waals surface area contributed by atoms with E-state index in [-0.39, 0.29) is 5.56 Å². The van der Waals surface area contributed by atoms with Gasteiger partial charge in [0.2, 0.25) is 0 Å². The molecule has 0 radical (unpaired) electrons. The van der Waals surface area contributed by atoms with Gasteiger partial charge in [0, 0.05) is 0 Å². The lowest BCUT2D eigenvalue weighted by Gasteiger charge is -2.15. The summed E-state index contributed by atoms with van der Waals surface area (Å²) in [4.78, 5) is 10.8. The SMILES string of the molecule is Cc1ccc([C@H](CC(F)(F)F)C(=O)O)cc1. The Morgan fingerprint density at radius 1 is 1.31 bits per heavy atom. The number of alkyl halides is 3. The van der Waals surface area contributed by atoms with Gasteiger partial charge in [0.25, 0.3) is 0 Å². The van der Waals surface area contributed by atoms with Crippen molar-refractivity contribution in [2.75, 3.05) is 0 Å². The zero-order valence-electron chi connectivity index (χ0n) is 8.58. The standard InChI is InChI=1S/C11H11F3O2/c1-7-2-4-8(5-3-7)9(10(15)16)6-11(12,13)14/h2-5,9H,6H2,1H3,(H,15,16)/t9-/m0/s1. The van der Waals surface area contributed by atoms with Crippen molar-refractivity contribution in [2.24, 2.45) is 0 Å². The van der Waals surface area contributed by atoms with E-state index in [1.807, 2.05) is 0 Å². The Kier molecular flexibility index (Phi) is 3.57. The molecule has 5 heteroatoms. The van der Waals surface area contributed by atoms with Gasteiger partial charge in [-0.1, -0.05) is 29.8 Å². The predicted molar refractivity (Wildman–Crippen MR) is 52.2 cm³/mol. The van der Waals surface area contributed by atoms with Gasteiger partial charge < -0.3 is 5.11 Å². The van der Waals surface area contributed by atoms with Crippen LogP contribution in [0.15, 0.2) is 24.3 Å². The molecular formula is C11H11F3O2. The van der Waals surface area contributed by atoms with Crippen LogP contribution >= 0.6 is 0 Å². The number of carbonyl (C=O) groups is 1. The molecule has 0 fully saturated rings. The van der Waals surface area contributed by atoms with E-state index in [0.717, 1.165) is 5.56 Å². The number of aryl methyl sites for hydroxylation is 1. The molecule has 0 heterocycles. The van der Waals surface area contributed by atoms with E-state index in [2.05, 4.69) is 0 Å². The molecule has 0 aromatic heterocycles. The van der Waals surface area contributed by atoms with Gasteiger partial charge in [-0.3, -0.25) is 4.79 Å². The number of carboxylic acid groups (broad SMARTS) is 1. The van der Waals surface area contributed by atoms with E-state index >= 15 is 0 Å². The van der Waals surface area contributed by atoms with Gasteiger partial charge in [-0.15, -0.1) is 0 Å². The molecule has 0 saturated heterocycles. The first-order chi connectivity index (χ1) is 7.29. The van der Waals surface area contributed by atoms with Crippen LogP contribution in [0.4, 0.5) is 13.2 Å². The predicted octanol–water partition coefficient (Wildman–Crippen LogP) is 3.12. The van der Waals surface area contributed by atoms with Crippen LogP contribution in [0.25, 0.3) is 0 Å². The molecule has 0 aliphatic heterocycles. The first-order valence-corrected chi connectivity index (χ1v) is 4.66. The van der Waals surface area contributed by atoms with Crippen molar-refractivity contribution in [3.05, 3.63) is 35.4 Å². The molecule has 0 unspecified atom stereocenters. The maximum absolute atomic E-state index is 12.2. The molecule has 2 nitrogen and oxygen atoms in total. The Labute approximate surface area is 90.7 Å². The van der Waals surface area contributed by atoms with Crippen LogP contribution < -0.4 is 0 Å². The minimum atomic E-state index is -4.48. The van der Waals surface area contributed by atoms with Crippen LogP contribution in [-0.2, 0) is 4.79 Å². The fourth-order valence-electron chi connectivity index (χ4n) is 1.38. The lowest BCUT2D eigenvalue weighted by molar-refractivity contribution is -0.157. The zero-order chi connectivity index (χ0) is 12.3. The van der Waals surface area contributed by atoms with Crippen molar-refractivity contribution in [1.82, 2.24) is 0 Å². The molecule has 16 heavy (non-hydrogen) atoms. The number of rotatable bonds is 3. The fraction of sp³-hybridized carbons (Fsp3) is 0.364. The van der Waals surface area contributed by atoms with E-state index in [9.17, 15) is 18.0 Å². The summed E-state index contributed by atoms with van der Waals surface area (Å²) in [5.41, 5.74) is 1.05. The van der Waals surface area contributed by atoms with Crippen molar-refractivity contribution >= 4 is 5.97 Å². The Bertz CT molecular complexity index is 368. The van der Waals surface area contributed by atoms with E-state index in [4.69, 9.17) is 5.11 Å². The topological polar surface area (TPSA) is 37.3 Å². The quantitative estimate of drug-likeness (QED) is 0.869. The average Bonchev–Trinajstić information content (AvgIpc) is 2.14. The molecule has 0 amide bonds. The van der Waals surface area contributed by atoms with E-state index < -0.39 is 24.5 Å². The first-order valence-electron chi connectivity index (χ1n) is 4.66. The van der Waals surface area contributed by atoms with Gasteiger partial charge in [-0.05, 0) is 12.5 Å². The number of benzene rings is 1. The Morgan fingerprint density at radius 3 is 2.19 bits per heavy atom. The minimum absolute atomic E-state index is 0.176. The fourth-order valence-corrected chi connectivity index (χ4v) is 1.38. The summed E-state index contributed by atoms with van der Waals surface area (Å²) < 4.78 is 36.5. The number of halogens is 3. The summed E-state index contributed by atoms with van der Waals surface area (Å²) in [5, 5.41) is 8.76. The molecule has 1 aromatic rings. The average molecular weight is 232 g/mol. The van der Waals surface area contributed by atoms with Gasteiger partial charge in [-0.25, -0.2) is 0 Å². The van der Waals surface area contributed by atoms with Crippen molar-refractivity contribution in [1.29, 1.82) is 0 Å². The Balaban J connectivity index is 2.94. The second-order valence-electron chi connectivity index (χ2n) is 3.62. The van der Waals surface area contributed by atoms with Crippen LogP contribution in [0.5, 0.6) is 0 Å². The molecule has 1 N–H and O–H groups in total. The normalized spacial score (nSPS) is 13.5. The van der Waals surface area contributed by atoms with Gasteiger partial charge >= 0.3 is 12.1 Å². The molecule has 0 spiro atoms. The maximum Gasteiger partial charge on any atom is 0.390 e. The van der Waals surface area contributed by atoms with E-state index in [1.165, 1.54) is 12.1 Å². The molecule has 1 rings (SSSR count). The lowest BCUT2D eigenvalue weighted by Crippen LogP contribution is -2.20. The van der Waals surface area contributed by atoms with E-state index in [1.54, 1.807) is 19.1 Å². The summed E-state index contributed by atoms with van der Waals surface area (Å²) in [6, 6.07) is 6.03. The monoisotopic (exact) mass is 232 g/mol. The van der Waals surface area contributed by atoms with Crippen LogP contribution in [0.1, 0.15) is 23.5 Å². The lowest BCUT2D eigenvalue weighted by atomic mass is 9.95. The second kappa shape index (κ2) is 4.55. The van der Waals surface area contributed by atoms with Gasteiger partial charge in [-0.2, -0.15) is 13.2 Å². The van der Waals surface area contributed by atoms with Crippen LogP contribution in [0.3, 0.4) is 0 Å². The Hall–Kier alpha value is -1.52. The maximum atomic E-state index is 12.2. The highest BCUT2D eigenvalue weighted by atomic mass is 19.4. The second-order valence-corrected chi connectivity index (χ2v) is 3.62. The summed E-state index contributed by atoms with van der Waals surface area (Å²) in [6.45, 7) is 1.78. The highest BCUT2D eigenvalue weighted by molar-refractivity contribution is 5.76. The molecule has 1 aromatic carbocycles. The summed E-state index contributed by atoms with van der Waals surface area (Å²) in [6.07, 6.45) is -5.82. The number of hydrogen-bond donors (Lipinski definition) is 1. The number of hydrogen-bond acceptors (Lipinski definition) is 1. The van der Waals surface area contributed by atoms with Gasteiger partial charge in [0.1, 0.15) is 0 Å². The van der Waals surface area contributed by atoms with Gasteiger partial charge in [0.15, 0.2) is 0 Å². The smallest absolute Gasteiger partial charge is 0.390 e. The molecular weight excluding hydrogens is 221 g/mol. The van der Waals surface area contributed by atoms with Crippen molar-refractivity contribution in [2.45, 2.75) is 25.4 Å². The van der Waals surface area contributed by atoms with Crippen molar-refractivity contribution in [3.63, 3.8) is 0 Å². The zero-order valence-corrected chi connectivity index (χ0v) is 8.58. The van der Waals surface area contributed by atoms with Crippen molar-refractivity contribution in [3.8, 4) is 0 Å². The minimum Gasteiger partial charge on any atom is -0.481 e. The molecule has 0 saturated carbocycles. The summed E-state index contributed by atoms with van der Waals surface area (Å²) in [5.74, 6) is -2.98. The van der Waals surface area contributed by atoms with Crippen LogP contribution in [-0.4, -0.2) is 17.3 Å². The molecule has 88 valence electrons. The van der Waals surface area contributed by atoms with Crippen LogP contribution in [0, 0.1) is 6.92 Å². The Morgan fingerprint density at radius 2 is 1.81 bits per heavy atom.